The van der Waals surface area contributed by atoms with Crippen LogP contribution in [0.2, 0.25) is 0 Å². The number of benzene rings is 2. The van der Waals surface area contributed by atoms with Crippen LogP contribution >= 0.6 is 0 Å². The summed E-state index contributed by atoms with van der Waals surface area (Å²) in [7, 11) is 3.04. The first-order valence-electron chi connectivity index (χ1n) is 8.38. The van der Waals surface area contributed by atoms with Gasteiger partial charge < -0.3 is 18.9 Å². The summed E-state index contributed by atoms with van der Waals surface area (Å²) < 4.78 is 21.1. The van der Waals surface area contributed by atoms with E-state index in [1.54, 1.807) is 49.6 Å². The molecule has 0 heterocycles. The minimum atomic E-state index is -0.414. The van der Waals surface area contributed by atoms with Gasteiger partial charge in [0.15, 0.2) is 5.78 Å². The van der Waals surface area contributed by atoms with Gasteiger partial charge in [0, 0.05) is 24.6 Å². The van der Waals surface area contributed by atoms with Crippen LogP contribution in [0.1, 0.15) is 29.8 Å². The molecule has 6 nitrogen and oxygen atoms in total. The van der Waals surface area contributed by atoms with E-state index in [1.807, 2.05) is 6.92 Å². The molecule has 142 valence electrons. The summed E-state index contributed by atoms with van der Waals surface area (Å²) >= 11 is 0. The van der Waals surface area contributed by atoms with E-state index in [0.717, 1.165) is 0 Å². The van der Waals surface area contributed by atoms with Crippen molar-refractivity contribution in [2.24, 2.45) is 0 Å². The Morgan fingerprint density at radius 3 is 2.30 bits per heavy atom. The second-order valence-electron chi connectivity index (χ2n) is 5.49. The molecule has 0 aliphatic rings. The van der Waals surface area contributed by atoms with Gasteiger partial charge in [0.2, 0.25) is 0 Å². The van der Waals surface area contributed by atoms with Crippen LogP contribution in [0, 0.1) is 0 Å². The summed E-state index contributed by atoms with van der Waals surface area (Å²) in [5, 5.41) is 0. The third-order valence-corrected chi connectivity index (χ3v) is 3.63. The minimum absolute atomic E-state index is 0.221. The zero-order valence-corrected chi connectivity index (χ0v) is 15.8. The summed E-state index contributed by atoms with van der Waals surface area (Å²) in [4.78, 5) is 23.7. The molecule has 2 rings (SSSR count). The van der Waals surface area contributed by atoms with E-state index in [-0.39, 0.29) is 5.78 Å². The maximum absolute atomic E-state index is 12.6. The average Bonchev–Trinajstić information content (AvgIpc) is 2.66. The van der Waals surface area contributed by atoms with Gasteiger partial charge in [0.25, 0.3) is 0 Å². The van der Waals surface area contributed by atoms with Gasteiger partial charge in [-0.15, -0.1) is 0 Å². The lowest BCUT2D eigenvalue weighted by molar-refractivity contribution is -0.131. The molecular formula is C21H22O6. The van der Waals surface area contributed by atoms with E-state index < -0.39 is 5.97 Å². The molecular weight excluding hydrogens is 348 g/mol. The highest BCUT2D eigenvalue weighted by molar-refractivity contribution is 6.08. The number of ether oxygens (including phenoxy) is 4. The van der Waals surface area contributed by atoms with Crippen LogP contribution in [0.5, 0.6) is 23.0 Å². The lowest BCUT2D eigenvalue weighted by Crippen LogP contribution is -2.02. The Morgan fingerprint density at radius 1 is 0.963 bits per heavy atom. The van der Waals surface area contributed by atoms with Crippen LogP contribution in [0.3, 0.4) is 0 Å². The number of hydrogen-bond acceptors (Lipinski definition) is 6. The average molecular weight is 370 g/mol. The SMILES string of the molecule is CCOc1cc(OC(C)=O)ccc1C=CC(=O)c1ccc(OC)cc1OC. The largest absolute Gasteiger partial charge is 0.497 e. The van der Waals surface area contributed by atoms with Crippen LogP contribution in [0.4, 0.5) is 0 Å². The predicted molar refractivity (Wildman–Crippen MR) is 102 cm³/mol. The highest BCUT2D eigenvalue weighted by atomic mass is 16.5. The first kappa shape index (κ1) is 20.0. The molecule has 0 aliphatic heterocycles. The van der Waals surface area contributed by atoms with Crippen LogP contribution in [0.25, 0.3) is 6.08 Å². The van der Waals surface area contributed by atoms with Crippen LogP contribution in [-0.4, -0.2) is 32.6 Å². The molecule has 6 heteroatoms. The second-order valence-corrected chi connectivity index (χ2v) is 5.49. The summed E-state index contributed by atoms with van der Waals surface area (Å²) in [5.74, 6) is 1.29. The second kappa shape index (κ2) is 9.43. The van der Waals surface area contributed by atoms with Crippen molar-refractivity contribution in [3.63, 3.8) is 0 Å². The zero-order valence-electron chi connectivity index (χ0n) is 15.8. The van der Waals surface area contributed by atoms with Crippen molar-refractivity contribution >= 4 is 17.8 Å². The van der Waals surface area contributed by atoms with E-state index in [4.69, 9.17) is 18.9 Å². The van der Waals surface area contributed by atoms with Crippen molar-refractivity contribution in [3.05, 3.63) is 53.6 Å². The van der Waals surface area contributed by atoms with Gasteiger partial charge in [-0.1, -0.05) is 0 Å². The molecule has 27 heavy (non-hydrogen) atoms. The van der Waals surface area contributed by atoms with E-state index in [9.17, 15) is 9.59 Å². The first-order valence-corrected chi connectivity index (χ1v) is 8.38. The van der Waals surface area contributed by atoms with Crippen LogP contribution < -0.4 is 18.9 Å². The fraction of sp³-hybridized carbons (Fsp3) is 0.238. The number of esters is 1. The van der Waals surface area contributed by atoms with Gasteiger partial charge in [-0.25, -0.2) is 0 Å². The molecule has 0 saturated carbocycles. The van der Waals surface area contributed by atoms with Crippen LogP contribution in [-0.2, 0) is 4.79 Å². The van der Waals surface area contributed by atoms with Crippen molar-refractivity contribution in [2.45, 2.75) is 13.8 Å². The van der Waals surface area contributed by atoms with E-state index >= 15 is 0 Å². The normalized spacial score (nSPS) is 10.5. The fourth-order valence-electron chi connectivity index (χ4n) is 2.42. The van der Waals surface area contributed by atoms with Crippen molar-refractivity contribution in [3.8, 4) is 23.0 Å². The Hall–Kier alpha value is -3.28. The molecule has 0 bridgehead atoms. The molecule has 0 atom stereocenters. The third kappa shape index (κ3) is 5.34. The predicted octanol–water partition coefficient (Wildman–Crippen LogP) is 3.92. The molecule has 0 N–H and O–H groups in total. The Balaban J connectivity index is 2.28. The molecule has 0 amide bonds. The molecule has 0 radical (unpaired) electrons. The number of carbonyl (C=O) groups excluding carboxylic acids is 2. The fourth-order valence-corrected chi connectivity index (χ4v) is 2.42. The third-order valence-electron chi connectivity index (χ3n) is 3.63. The summed E-state index contributed by atoms with van der Waals surface area (Å²) in [5.41, 5.74) is 1.11. The van der Waals surface area contributed by atoms with Gasteiger partial charge in [0.05, 0.1) is 26.4 Å². The van der Waals surface area contributed by atoms with E-state index in [0.29, 0.717) is 40.7 Å². The Kier molecular flexibility index (Phi) is 7.00. The maximum atomic E-state index is 12.6. The van der Waals surface area contributed by atoms with Crippen molar-refractivity contribution < 1.29 is 28.5 Å². The lowest BCUT2D eigenvalue weighted by Gasteiger charge is -2.10. The number of methoxy groups -OCH3 is 2. The highest BCUT2D eigenvalue weighted by Crippen LogP contribution is 2.28. The smallest absolute Gasteiger partial charge is 0.308 e. The molecule has 0 spiro atoms. The summed E-state index contributed by atoms with van der Waals surface area (Å²) in [6.45, 7) is 3.61. The van der Waals surface area contributed by atoms with E-state index in [1.165, 1.54) is 20.1 Å². The number of allylic oxidation sites excluding steroid dienone is 1. The number of hydrogen-bond donors (Lipinski definition) is 0. The quantitative estimate of drug-likeness (QED) is 0.304. The number of carbonyl (C=O) groups is 2. The van der Waals surface area contributed by atoms with Crippen molar-refractivity contribution in [2.75, 3.05) is 20.8 Å². The summed E-state index contributed by atoms with van der Waals surface area (Å²) in [6, 6.07) is 9.98. The van der Waals surface area contributed by atoms with E-state index in [2.05, 4.69) is 0 Å². The standard InChI is InChI=1S/C21H22O6/c1-5-26-20-13-17(27-14(2)22)8-6-15(20)7-11-19(23)18-10-9-16(24-3)12-21(18)25-4/h6-13H,5H2,1-4H3. The van der Waals surface area contributed by atoms with Crippen molar-refractivity contribution in [1.82, 2.24) is 0 Å². The lowest BCUT2D eigenvalue weighted by atomic mass is 10.1. The monoisotopic (exact) mass is 370 g/mol. The highest BCUT2D eigenvalue weighted by Gasteiger charge is 2.12. The molecule has 0 saturated heterocycles. The van der Waals surface area contributed by atoms with Gasteiger partial charge >= 0.3 is 5.97 Å². The Bertz CT molecular complexity index is 854. The zero-order chi connectivity index (χ0) is 19.8. The molecule has 2 aromatic carbocycles. The maximum Gasteiger partial charge on any atom is 0.308 e. The number of rotatable bonds is 8. The van der Waals surface area contributed by atoms with Gasteiger partial charge in [-0.3, -0.25) is 9.59 Å². The Labute approximate surface area is 158 Å². The van der Waals surface area contributed by atoms with Gasteiger partial charge in [-0.05, 0) is 43.3 Å². The van der Waals surface area contributed by atoms with Gasteiger partial charge in [-0.2, -0.15) is 0 Å². The summed E-state index contributed by atoms with van der Waals surface area (Å²) in [6.07, 6.45) is 3.09. The molecule has 0 unspecified atom stereocenters. The van der Waals surface area contributed by atoms with Crippen LogP contribution in [0.15, 0.2) is 42.5 Å². The molecule has 0 aromatic heterocycles. The first-order chi connectivity index (χ1) is 13.0. The molecule has 0 fully saturated rings. The molecule has 0 aliphatic carbocycles. The molecule has 2 aromatic rings. The van der Waals surface area contributed by atoms with Crippen molar-refractivity contribution in [1.29, 1.82) is 0 Å². The number of ketones is 1. The topological polar surface area (TPSA) is 71.1 Å². The Morgan fingerprint density at radius 2 is 1.67 bits per heavy atom. The van der Waals surface area contributed by atoms with Gasteiger partial charge in [0.1, 0.15) is 23.0 Å². The minimum Gasteiger partial charge on any atom is -0.497 e.